The molecule has 29 heavy (non-hydrogen) atoms. The van der Waals surface area contributed by atoms with Crippen molar-refractivity contribution in [3.05, 3.63) is 66.5 Å². The van der Waals surface area contributed by atoms with Crippen molar-refractivity contribution in [2.75, 3.05) is 7.11 Å². The van der Waals surface area contributed by atoms with E-state index in [4.69, 9.17) is 9.47 Å². The van der Waals surface area contributed by atoms with Gasteiger partial charge in [-0.3, -0.25) is 4.79 Å². The van der Waals surface area contributed by atoms with E-state index in [1.54, 1.807) is 13.2 Å². The molecule has 0 saturated heterocycles. The van der Waals surface area contributed by atoms with Crippen LogP contribution in [-0.2, 0) is 0 Å². The van der Waals surface area contributed by atoms with E-state index in [1.807, 2.05) is 48.5 Å². The third kappa shape index (κ3) is 4.71. The summed E-state index contributed by atoms with van der Waals surface area (Å²) < 4.78 is 11.0. The minimum atomic E-state index is -0.0393. The number of hydrogen-bond donors (Lipinski definition) is 1. The van der Waals surface area contributed by atoms with Crippen LogP contribution in [0.25, 0.3) is 11.3 Å². The summed E-state index contributed by atoms with van der Waals surface area (Å²) in [6, 6.07) is 16.8. The fourth-order valence-electron chi connectivity index (χ4n) is 3.48. The maximum atomic E-state index is 12.6. The van der Waals surface area contributed by atoms with Gasteiger partial charge in [0.1, 0.15) is 17.8 Å². The third-order valence-electron chi connectivity index (χ3n) is 5.03. The largest absolute Gasteiger partial charge is 0.497 e. The number of nitrogens with zero attached hydrogens (tertiary/aromatic N) is 2. The topological polar surface area (TPSA) is 73.3 Å². The second kappa shape index (κ2) is 8.73. The normalized spacial score (nSPS) is 13.8. The molecule has 2 aromatic carbocycles. The van der Waals surface area contributed by atoms with Gasteiger partial charge in [-0.25, -0.2) is 9.97 Å². The van der Waals surface area contributed by atoms with Gasteiger partial charge in [0, 0.05) is 23.2 Å². The molecule has 1 fully saturated rings. The molecular weight excluding hydrogens is 366 g/mol. The Hall–Kier alpha value is -3.41. The number of hydrogen-bond acceptors (Lipinski definition) is 5. The van der Waals surface area contributed by atoms with Crippen LogP contribution in [0, 0.1) is 0 Å². The SMILES string of the molecule is COc1ccc(Oc2cc(-c3cccc(C(=O)NC4CCCC4)c3)ncn2)cc1. The number of carbonyl (C=O) groups is 1. The summed E-state index contributed by atoms with van der Waals surface area (Å²) in [6.07, 6.45) is 5.94. The lowest BCUT2D eigenvalue weighted by Gasteiger charge is -2.12. The summed E-state index contributed by atoms with van der Waals surface area (Å²) >= 11 is 0. The minimum absolute atomic E-state index is 0.0393. The summed E-state index contributed by atoms with van der Waals surface area (Å²) in [5.41, 5.74) is 2.16. The highest BCUT2D eigenvalue weighted by Crippen LogP contribution is 2.26. The summed E-state index contributed by atoms with van der Waals surface area (Å²) in [4.78, 5) is 21.1. The molecule has 1 N–H and O–H groups in total. The maximum Gasteiger partial charge on any atom is 0.251 e. The number of amides is 1. The van der Waals surface area contributed by atoms with Crippen LogP contribution in [0.1, 0.15) is 36.0 Å². The van der Waals surface area contributed by atoms with E-state index < -0.39 is 0 Å². The highest BCUT2D eigenvalue weighted by molar-refractivity contribution is 5.95. The van der Waals surface area contributed by atoms with E-state index in [0.29, 0.717) is 22.9 Å². The smallest absolute Gasteiger partial charge is 0.251 e. The van der Waals surface area contributed by atoms with Crippen molar-refractivity contribution in [2.45, 2.75) is 31.7 Å². The van der Waals surface area contributed by atoms with E-state index >= 15 is 0 Å². The molecule has 6 heteroatoms. The number of carbonyl (C=O) groups excluding carboxylic acids is 1. The molecule has 6 nitrogen and oxygen atoms in total. The number of aromatic nitrogens is 2. The molecule has 1 aromatic heterocycles. The third-order valence-corrected chi connectivity index (χ3v) is 5.03. The monoisotopic (exact) mass is 389 g/mol. The van der Waals surface area contributed by atoms with Gasteiger partial charge in [-0.05, 0) is 49.2 Å². The molecule has 0 aliphatic heterocycles. The van der Waals surface area contributed by atoms with Crippen molar-refractivity contribution < 1.29 is 14.3 Å². The summed E-state index contributed by atoms with van der Waals surface area (Å²) in [5.74, 6) is 1.80. The Morgan fingerprint density at radius 2 is 1.76 bits per heavy atom. The molecule has 0 bridgehead atoms. The van der Waals surface area contributed by atoms with Crippen LogP contribution in [0.4, 0.5) is 0 Å². The molecule has 3 aromatic rings. The lowest BCUT2D eigenvalue weighted by molar-refractivity contribution is 0.0938. The lowest BCUT2D eigenvalue weighted by atomic mass is 10.1. The Bertz CT molecular complexity index is 983. The van der Waals surface area contributed by atoms with Crippen molar-refractivity contribution in [3.63, 3.8) is 0 Å². The first kappa shape index (κ1) is 18.9. The van der Waals surface area contributed by atoms with Gasteiger partial charge in [0.15, 0.2) is 0 Å². The van der Waals surface area contributed by atoms with E-state index in [9.17, 15) is 4.79 Å². The highest BCUT2D eigenvalue weighted by Gasteiger charge is 2.18. The predicted octanol–water partition coefficient (Wildman–Crippen LogP) is 4.62. The molecule has 0 radical (unpaired) electrons. The van der Waals surface area contributed by atoms with Crippen LogP contribution in [-0.4, -0.2) is 29.0 Å². The summed E-state index contributed by atoms with van der Waals surface area (Å²) in [7, 11) is 1.62. The second-order valence-electron chi connectivity index (χ2n) is 7.05. The first-order valence-electron chi connectivity index (χ1n) is 9.76. The Labute approximate surface area is 169 Å². The molecule has 0 atom stereocenters. The van der Waals surface area contributed by atoms with Gasteiger partial charge in [-0.1, -0.05) is 25.0 Å². The zero-order chi connectivity index (χ0) is 20.1. The first-order valence-corrected chi connectivity index (χ1v) is 9.76. The van der Waals surface area contributed by atoms with Gasteiger partial charge in [0.25, 0.3) is 5.91 Å². The van der Waals surface area contributed by atoms with Crippen molar-refractivity contribution in [1.82, 2.24) is 15.3 Å². The van der Waals surface area contributed by atoms with E-state index in [-0.39, 0.29) is 11.9 Å². The molecule has 1 heterocycles. The van der Waals surface area contributed by atoms with Gasteiger partial charge in [0.05, 0.1) is 12.8 Å². The molecule has 4 rings (SSSR count). The fraction of sp³-hybridized carbons (Fsp3) is 0.261. The molecule has 1 aliphatic rings. The quantitative estimate of drug-likeness (QED) is 0.666. The van der Waals surface area contributed by atoms with Crippen molar-refractivity contribution in [1.29, 1.82) is 0 Å². The van der Waals surface area contributed by atoms with Crippen LogP contribution in [0.3, 0.4) is 0 Å². The van der Waals surface area contributed by atoms with E-state index in [2.05, 4.69) is 15.3 Å². The van der Waals surface area contributed by atoms with Crippen LogP contribution in [0.15, 0.2) is 60.9 Å². The Balaban J connectivity index is 1.50. The number of rotatable bonds is 6. The highest BCUT2D eigenvalue weighted by atomic mass is 16.5. The Morgan fingerprint density at radius 1 is 1.00 bits per heavy atom. The summed E-state index contributed by atoms with van der Waals surface area (Å²) in [5, 5.41) is 3.12. The molecule has 1 amide bonds. The second-order valence-corrected chi connectivity index (χ2v) is 7.05. The molecule has 0 unspecified atom stereocenters. The first-order chi connectivity index (χ1) is 14.2. The zero-order valence-corrected chi connectivity index (χ0v) is 16.3. The van der Waals surface area contributed by atoms with Gasteiger partial charge in [-0.2, -0.15) is 0 Å². The summed E-state index contributed by atoms with van der Waals surface area (Å²) in [6.45, 7) is 0. The van der Waals surface area contributed by atoms with Gasteiger partial charge in [-0.15, -0.1) is 0 Å². The van der Waals surface area contributed by atoms with Crippen molar-refractivity contribution in [3.8, 4) is 28.6 Å². The van der Waals surface area contributed by atoms with Crippen LogP contribution in [0.2, 0.25) is 0 Å². The zero-order valence-electron chi connectivity index (χ0n) is 16.3. The average molecular weight is 389 g/mol. The van der Waals surface area contributed by atoms with E-state index in [0.717, 1.165) is 24.2 Å². The Morgan fingerprint density at radius 3 is 2.52 bits per heavy atom. The predicted molar refractivity (Wildman–Crippen MR) is 110 cm³/mol. The minimum Gasteiger partial charge on any atom is -0.497 e. The molecule has 0 spiro atoms. The van der Waals surface area contributed by atoms with Crippen LogP contribution in [0.5, 0.6) is 17.4 Å². The molecule has 1 saturated carbocycles. The van der Waals surface area contributed by atoms with Gasteiger partial charge >= 0.3 is 0 Å². The van der Waals surface area contributed by atoms with Crippen molar-refractivity contribution in [2.24, 2.45) is 0 Å². The Kier molecular flexibility index (Phi) is 5.70. The van der Waals surface area contributed by atoms with Crippen molar-refractivity contribution >= 4 is 5.91 Å². The number of methoxy groups -OCH3 is 1. The standard InChI is InChI=1S/C23H23N3O3/c1-28-19-9-11-20(12-10-19)29-22-14-21(24-15-25-22)16-5-4-6-17(13-16)23(27)26-18-7-2-3-8-18/h4-6,9-15,18H,2-3,7-8H2,1H3,(H,26,27). The fourth-order valence-corrected chi connectivity index (χ4v) is 3.48. The number of nitrogens with one attached hydrogen (secondary N) is 1. The maximum absolute atomic E-state index is 12.6. The van der Waals surface area contributed by atoms with Gasteiger partial charge < -0.3 is 14.8 Å². The van der Waals surface area contributed by atoms with Crippen LogP contribution < -0.4 is 14.8 Å². The van der Waals surface area contributed by atoms with Gasteiger partial charge in [0.2, 0.25) is 5.88 Å². The molecule has 1 aliphatic carbocycles. The lowest BCUT2D eigenvalue weighted by Crippen LogP contribution is -2.32. The van der Waals surface area contributed by atoms with Crippen LogP contribution >= 0.6 is 0 Å². The molecular formula is C23H23N3O3. The van der Waals surface area contributed by atoms with E-state index in [1.165, 1.54) is 19.2 Å². The average Bonchev–Trinajstić information content (AvgIpc) is 3.28. The number of ether oxygens (including phenoxy) is 2. The number of benzene rings is 2. The molecule has 148 valence electrons.